The number of carbonyl (C=O) groups excluding carboxylic acids is 1. The van der Waals surface area contributed by atoms with E-state index in [0.29, 0.717) is 0 Å². The standard InChI is InChI=1S/C10H21N3O/c1-4-13(10(2)14)9-12-7-5-11(3)6-8-12/h4-9H2,1-3H3. The summed E-state index contributed by atoms with van der Waals surface area (Å²) in [5.74, 6) is 0.173. The lowest BCUT2D eigenvalue weighted by atomic mass is 10.3. The van der Waals surface area contributed by atoms with Crippen LogP contribution in [-0.2, 0) is 4.79 Å². The SMILES string of the molecule is CCN(CN1CCN(C)CC1)C(C)=O. The Labute approximate surface area is 86.5 Å². The fourth-order valence-corrected chi connectivity index (χ4v) is 1.65. The topological polar surface area (TPSA) is 26.8 Å². The van der Waals surface area contributed by atoms with Gasteiger partial charge in [-0.3, -0.25) is 9.69 Å². The zero-order valence-corrected chi connectivity index (χ0v) is 9.49. The molecule has 4 heteroatoms. The number of carbonyl (C=O) groups is 1. The van der Waals surface area contributed by atoms with E-state index in [2.05, 4.69) is 16.8 Å². The van der Waals surface area contributed by atoms with Crippen molar-refractivity contribution < 1.29 is 4.79 Å². The molecular formula is C10H21N3O. The second-order valence-electron chi connectivity index (χ2n) is 3.94. The van der Waals surface area contributed by atoms with Crippen LogP contribution in [0.4, 0.5) is 0 Å². The Balaban J connectivity index is 2.32. The molecule has 0 aliphatic carbocycles. The molecule has 1 aliphatic rings. The van der Waals surface area contributed by atoms with E-state index >= 15 is 0 Å². The van der Waals surface area contributed by atoms with Crippen molar-refractivity contribution in [3.63, 3.8) is 0 Å². The summed E-state index contributed by atoms with van der Waals surface area (Å²) in [6.07, 6.45) is 0. The fourth-order valence-electron chi connectivity index (χ4n) is 1.65. The summed E-state index contributed by atoms with van der Waals surface area (Å²) >= 11 is 0. The van der Waals surface area contributed by atoms with E-state index in [1.807, 2.05) is 11.8 Å². The Kier molecular flexibility index (Phi) is 4.35. The van der Waals surface area contributed by atoms with Gasteiger partial charge in [-0.1, -0.05) is 0 Å². The van der Waals surface area contributed by atoms with Gasteiger partial charge in [0.05, 0.1) is 6.67 Å². The molecule has 0 bridgehead atoms. The number of nitrogens with zero attached hydrogens (tertiary/aromatic N) is 3. The maximum absolute atomic E-state index is 11.2. The quantitative estimate of drug-likeness (QED) is 0.643. The molecule has 1 heterocycles. The van der Waals surface area contributed by atoms with E-state index in [9.17, 15) is 4.79 Å². The van der Waals surface area contributed by atoms with Crippen molar-refractivity contribution in [2.75, 3.05) is 46.4 Å². The molecule has 0 saturated carbocycles. The Morgan fingerprint density at radius 1 is 1.29 bits per heavy atom. The minimum atomic E-state index is 0.173. The van der Waals surface area contributed by atoms with Gasteiger partial charge in [-0.25, -0.2) is 0 Å². The molecule has 0 aromatic rings. The normalized spacial score (nSPS) is 19.6. The third-order valence-electron chi connectivity index (χ3n) is 2.79. The average molecular weight is 199 g/mol. The molecule has 1 amide bonds. The Hall–Kier alpha value is -0.610. The molecule has 0 unspecified atom stereocenters. The molecular weight excluding hydrogens is 178 g/mol. The summed E-state index contributed by atoms with van der Waals surface area (Å²) in [6, 6.07) is 0. The lowest BCUT2D eigenvalue weighted by Crippen LogP contribution is -2.49. The minimum absolute atomic E-state index is 0.173. The second kappa shape index (κ2) is 5.32. The molecule has 1 fully saturated rings. The van der Waals surface area contributed by atoms with Crippen LogP contribution in [0.5, 0.6) is 0 Å². The summed E-state index contributed by atoms with van der Waals surface area (Å²) in [6.45, 7) is 9.61. The van der Waals surface area contributed by atoms with Crippen LogP contribution in [-0.4, -0.2) is 67.0 Å². The number of amides is 1. The molecule has 1 rings (SSSR count). The molecule has 0 atom stereocenters. The summed E-state index contributed by atoms with van der Waals surface area (Å²) in [4.78, 5) is 17.7. The molecule has 0 radical (unpaired) electrons. The highest BCUT2D eigenvalue weighted by Crippen LogP contribution is 2.01. The van der Waals surface area contributed by atoms with E-state index < -0.39 is 0 Å². The highest BCUT2D eigenvalue weighted by Gasteiger charge is 2.16. The Morgan fingerprint density at radius 3 is 2.29 bits per heavy atom. The predicted molar refractivity (Wildman–Crippen MR) is 57.0 cm³/mol. The predicted octanol–water partition coefficient (Wildman–Crippen LogP) is 0.0597. The summed E-state index contributed by atoms with van der Waals surface area (Å²) in [5, 5.41) is 0. The summed E-state index contributed by atoms with van der Waals surface area (Å²) < 4.78 is 0. The van der Waals surface area contributed by atoms with Crippen molar-refractivity contribution in [2.24, 2.45) is 0 Å². The summed E-state index contributed by atoms with van der Waals surface area (Å²) in [7, 11) is 2.14. The largest absolute Gasteiger partial charge is 0.330 e. The van der Waals surface area contributed by atoms with Gasteiger partial charge in [-0.05, 0) is 14.0 Å². The van der Waals surface area contributed by atoms with Crippen LogP contribution in [0.15, 0.2) is 0 Å². The fraction of sp³-hybridized carbons (Fsp3) is 0.900. The summed E-state index contributed by atoms with van der Waals surface area (Å²) in [5.41, 5.74) is 0. The minimum Gasteiger partial charge on any atom is -0.330 e. The Morgan fingerprint density at radius 2 is 1.86 bits per heavy atom. The van der Waals surface area contributed by atoms with Gasteiger partial charge < -0.3 is 9.80 Å². The molecule has 0 aromatic carbocycles. The van der Waals surface area contributed by atoms with Gasteiger partial charge in [-0.15, -0.1) is 0 Å². The van der Waals surface area contributed by atoms with Gasteiger partial charge in [0.1, 0.15) is 0 Å². The van der Waals surface area contributed by atoms with E-state index in [1.54, 1.807) is 6.92 Å². The van der Waals surface area contributed by atoms with Gasteiger partial charge in [0.2, 0.25) is 5.91 Å². The van der Waals surface area contributed by atoms with Crippen molar-refractivity contribution in [3.8, 4) is 0 Å². The van der Waals surface area contributed by atoms with E-state index in [-0.39, 0.29) is 5.91 Å². The van der Waals surface area contributed by atoms with Gasteiger partial charge >= 0.3 is 0 Å². The second-order valence-corrected chi connectivity index (χ2v) is 3.94. The van der Waals surface area contributed by atoms with Crippen LogP contribution < -0.4 is 0 Å². The van der Waals surface area contributed by atoms with Crippen molar-refractivity contribution in [1.82, 2.24) is 14.7 Å². The molecule has 82 valence electrons. The lowest BCUT2D eigenvalue weighted by molar-refractivity contribution is -0.131. The molecule has 0 spiro atoms. The third kappa shape index (κ3) is 3.27. The number of likely N-dealkylation sites (N-methyl/N-ethyl adjacent to an activating group) is 1. The maximum Gasteiger partial charge on any atom is 0.220 e. The van der Waals surface area contributed by atoms with Gasteiger partial charge in [0.25, 0.3) is 0 Å². The number of rotatable bonds is 3. The van der Waals surface area contributed by atoms with Crippen LogP contribution >= 0.6 is 0 Å². The van der Waals surface area contributed by atoms with Crippen LogP contribution in [0.1, 0.15) is 13.8 Å². The van der Waals surface area contributed by atoms with Crippen molar-refractivity contribution in [2.45, 2.75) is 13.8 Å². The Bertz CT molecular complexity index is 188. The van der Waals surface area contributed by atoms with Crippen molar-refractivity contribution in [1.29, 1.82) is 0 Å². The monoisotopic (exact) mass is 199 g/mol. The molecule has 1 aliphatic heterocycles. The van der Waals surface area contributed by atoms with Crippen LogP contribution in [0.2, 0.25) is 0 Å². The average Bonchev–Trinajstić information content (AvgIpc) is 2.16. The van der Waals surface area contributed by atoms with Crippen LogP contribution in [0, 0.1) is 0 Å². The van der Waals surface area contributed by atoms with Crippen LogP contribution in [0.3, 0.4) is 0 Å². The van der Waals surface area contributed by atoms with E-state index in [4.69, 9.17) is 0 Å². The van der Waals surface area contributed by atoms with E-state index in [0.717, 1.165) is 39.4 Å². The van der Waals surface area contributed by atoms with E-state index in [1.165, 1.54) is 0 Å². The molecule has 4 nitrogen and oxygen atoms in total. The van der Waals surface area contributed by atoms with Gasteiger partial charge in [0, 0.05) is 39.6 Å². The number of piperazine rings is 1. The lowest BCUT2D eigenvalue weighted by Gasteiger charge is -2.35. The first kappa shape index (κ1) is 11.5. The van der Waals surface area contributed by atoms with Gasteiger partial charge in [-0.2, -0.15) is 0 Å². The zero-order chi connectivity index (χ0) is 10.6. The first-order chi connectivity index (χ1) is 6.63. The molecule has 14 heavy (non-hydrogen) atoms. The zero-order valence-electron chi connectivity index (χ0n) is 9.49. The van der Waals surface area contributed by atoms with Crippen LogP contribution in [0.25, 0.3) is 0 Å². The number of hydrogen-bond acceptors (Lipinski definition) is 3. The third-order valence-corrected chi connectivity index (χ3v) is 2.79. The maximum atomic E-state index is 11.2. The highest BCUT2D eigenvalue weighted by molar-refractivity contribution is 5.73. The smallest absolute Gasteiger partial charge is 0.220 e. The molecule has 0 N–H and O–H groups in total. The van der Waals surface area contributed by atoms with Crippen molar-refractivity contribution >= 4 is 5.91 Å². The first-order valence-electron chi connectivity index (χ1n) is 5.30. The molecule has 1 saturated heterocycles. The first-order valence-corrected chi connectivity index (χ1v) is 5.30. The highest BCUT2D eigenvalue weighted by atomic mass is 16.2. The number of hydrogen-bond donors (Lipinski definition) is 0. The van der Waals surface area contributed by atoms with Crippen molar-refractivity contribution in [3.05, 3.63) is 0 Å². The molecule has 0 aromatic heterocycles. The van der Waals surface area contributed by atoms with Gasteiger partial charge in [0.15, 0.2) is 0 Å².